The Morgan fingerprint density at radius 1 is 1.42 bits per heavy atom. The lowest BCUT2D eigenvalue weighted by atomic mass is 9.93. The van der Waals surface area contributed by atoms with E-state index < -0.39 is 6.03 Å². The summed E-state index contributed by atoms with van der Waals surface area (Å²) in [7, 11) is 1.55. The maximum atomic E-state index is 11.8. The number of nitrogens with zero attached hydrogens (tertiary/aromatic N) is 2. The fraction of sp³-hybridized carbons (Fsp3) is 0.375. The van der Waals surface area contributed by atoms with Crippen LogP contribution in [0.4, 0.5) is 4.79 Å². The number of amides is 2. The minimum atomic E-state index is -0.570. The molecule has 8 nitrogen and oxygen atoms in total. The Hall–Kier alpha value is -2.58. The van der Waals surface area contributed by atoms with Crippen LogP contribution in [0.2, 0.25) is 0 Å². The fourth-order valence-corrected chi connectivity index (χ4v) is 2.57. The summed E-state index contributed by atoms with van der Waals surface area (Å²) >= 11 is 0. The molecule has 0 bridgehead atoms. The van der Waals surface area contributed by atoms with E-state index >= 15 is 0 Å². The Bertz CT molecular complexity index is 657. The number of urea groups is 1. The summed E-state index contributed by atoms with van der Waals surface area (Å²) in [6.07, 6.45) is 4.39. The summed E-state index contributed by atoms with van der Waals surface area (Å²) in [5.74, 6) is 12.0. The van der Waals surface area contributed by atoms with Gasteiger partial charge in [-0.2, -0.15) is 4.98 Å². The first-order valence-electron chi connectivity index (χ1n) is 7.71. The van der Waals surface area contributed by atoms with Crippen LogP contribution in [0.3, 0.4) is 0 Å². The third-order valence-corrected chi connectivity index (χ3v) is 3.79. The number of pyridine rings is 1. The number of hydrogen-bond acceptors (Lipinski definition) is 6. The van der Waals surface area contributed by atoms with Gasteiger partial charge in [0.1, 0.15) is 6.61 Å². The highest BCUT2D eigenvalue weighted by Gasteiger charge is 2.22. The minimum Gasteiger partial charge on any atom is -0.481 e. The molecule has 2 rings (SSSR count). The zero-order valence-corrected chi connectivity index (χ0v) is 13.9. The van der Waals surface area contributed by atoms with E-state index in [1.165, 1.54) is 0 Å². The third-order valence-electron chi connectivity index (χ3n) is 3.79. The van der Waals surface area contributed by atoms with Crippen molar-refractivity contribution in [3.05, 3.63) is 41.1 Å². The van der Waals surface area contributed by atoms with Crippen LogP contribution in [0.1, 0.15) is 26.2 Å². The van der Waals surface area contributed by atoms with Crippen LogP contribution in [0.25, 0.3) is 0 Å². The second-order valence-electron chi connectivity index (χ2n) is 5.17. The Morgan fingerprint density at radius 3 is 2.83 bits per heavy atom. The molecule has 1 aliphatic carbocycles. The Balaban J connectivity index is 2.24. The number of aromatic nitrogens is 1. The Labute approximate surface area is 141 Å². The van der Waals surface area contributed by atoms with Crippen molar-refractivity contribution in [2.75, 3.05) is 13.7 Å². The lowest BCUT2D eigenvalue weighted by Crippen LogP contribution is -2.47. The molecule has 0 aromatic carbocycles. The smallest absolute Gasteiger partial charge is 0.350 e. The first-order valence-corrected chi connectivity index (χ1v) is 7.71. The first-order chi connectivity index (χ1) is 11.6. The van der Waals surface area contributed by atoms with E-state index in [-0.39, 0.29) is 6.61 Å². The number of nitrogens with two attached hydrogens (primary N) is 2. The number of carbonyl (C=O) groups is 1. The highest BCUT2D eigenvalue weighted by molar-refractivity contribution is 5.75. The van der Waals surface area contributed by atoms with Crippen LogP contribution in [0.15, 0.2) is 41.1 Å². The molecule has 5 N–H and O–H groups in total. The predicted molar refractivity (Wildman–Crippen MR) is 89.7 cm³/mol. The molecule has 1 aliphatic rings. The zero-order valence-electron chi connectivity index (χ0n) is 13.9. The zero-order chi connectivity index (χ0) is 17.5. The standard InChI is InChI=1S/C16H23N5O3/c1-3-11-6-4-7-13(21(18)16(22)20-17)12(11)10-24-15-9-5-8-14(19-15)23-2/h5-6,8-9H,3-4,7,10,17-18H2,1-2H3,(H,20,22). The molecule has 0 saturated heterocycles. The van der Waals surface area contributed by atoms with E-state index in [4.69, 9.17) is 21.2 Å². The van der Waals surface area contributed by atoms with Gasteiger partial charge in [-0.15, -0.1) is 0 Å². The van der Waals surface area contributed by atoms with Crippen LogP contribution in [0.5, 0.6) is 11.8 Å². The maximum absolute atomic E-state index is 11.8. The van der Waals surface area contributed by atoms with Gasteiger partial charge in [0.2, 0.25) is 11.8 Å². The van der Waals surface area contributed by atoms with E-state index in [0.717, 1.165) is 29.0 Å². The molecule has 1 aromatic heterocycles. The fourth-order valence-electron chi connectivity index (χ4n) is 2.57. The normalized spacial score (nSPS) is 14.1. The molecular weight excluding hydrogens is 310 g/mol. The molecule has 0 unspecified atom stereocenters. The van der Waals surface area contributed by atoms with Crippen LogP contribution >= 0.6 is 0 Å². The molecule has 1 aromatic rings. The molecular formula is C16H23N5O3. The van der Waals surface area contributed by atoms with Crippen molar-refractivity contribution in [2.24, 2.45) is 11.7 Å². The molecule has 0 fully saturated rings. The molecule has 8 heteroatoms. The molecule has 24 heavy (non-hydrogen) atoms. The van der Waals surface area contributed by atoms with Crippen LogP contribution in [-0.4, -0.2) is 29.7 Å². The van der Waals surface area contributed by atoms with E-state index in [1.807, 2.05) is 12.3 Å². The number of rotatable bonds is 6. The number of carbonyl (C=O) groups excluding carboxylic acids is 1. The second-order valence-corrected chi connectivity index (χ2v) is 5.17. The summed E-state index contributed by atoms with van der Waals surface area (Å²) in [6.45, 7) is 2.29. The van der Waals surface area contributed by atoms with Crippen molar-refractivity contribution in [3.8, 4) is 11.8 Å². The lowest BCUT2D eigenvalue weighted by molar-refractivity contribution is 0.209. The maximum Gasteiger partial charge on any atom is 0.350 e. The molecule has 1 heterocycles. The highest BCUT2D eigenvalue weighted by atomic mass is 16.5. The molecule has 130 valence electrons. The van der Waals surface area contributed by atoms with Gasteiger partial charge in [-0.3, -0.25) is 5.43 Å². The van der Waals surface area contributed by atoms with Crippen molar-refractivity contribution < 1.29 is 14.3 Å². The van der Waals surface area contributed by atoms with Crippen molar-refractivity contribution >= 4 is 6.03 Å². The number of hydrogen-bond donors (Lipinski definition) is 3. The quantitative estimate of drug-likeness (QED) is 0.414. The predicted octanol–water partition coefficient (Wildman–Crippen LogP) is 1.61. The lowest BCUT2D eigenvalue weighted by Gasteiger charge is -2.27. The number of ether oxygens (including phenoxy) is 2. The molecule has 2 amide bonds. The SMILES string of the molecule is CCC1=CCCC(N(N)C(=O)NN)=C1COc1cccc(OC)n1. The average Bonchev–Trinajstić information content (AvgIpc) is 2.64. The van der Waals surface area contributed by atoms with Crippen LogP contribution < -0.4 is 26.6 Å². The Morgan fingerprint density at radius 2 is 2.17 bits per heavy atom. The number of hydrazine groups is 2. The van der Waals surface area contributed by atoms with Crippen molar-refractivity contribution in [2.45, 2.75) is 26.2 Å². The van der Waals surface area contributed by atoms with Crippen molar-refractivity contribution in [1.82, 2.24) is 15.4 Å². The number of methoxy groups -OCH3 is 1. The van der Waals surface area contributed by atoms with Gasteiger partial charge in [-0.25, -0.2) is 21.5 Å². The second kappa shape index (κ2) is 8.32. The van der Waals surface area contributed by atoms with Gasteiger partial charge in [0, 0.05) is 23.4 Å². The minimum absolute atomic E-state index is 0.251. The molecule has 0 spiro atoms. The summed E-state index contributed by atoms with van der Waals surface area (Å²) in [4.78, 5) is 16.0. The summed E-state index contributed by atoms with van der Waals surface area (Å²) < 4.78 is 10.9. The molecule has 0 saturated carbocycles. The van der Waals surface area contributed by atoms with E-state index in [9.17, 15) is 4.79 Å². The average molecular weight is 333 g/mol. The molecule has 0 atom stereocenters. The third kappa shape index (κ3) is 4.03. The topological polar surface area (TPSA) is 116 Å². The van der Waals surface area contributed by atoms with Gasteiger partial charge in [-0.05, 0) is 24.8 Å². The summed E-state index contributed by atoms with van der Waals surface area (Å²) in [5.41, 5.74) is 4.71. The first kappa shape index (κ1) is 17.8. The van der Waals surface area contributed by atoms with Crippen LogP contribution in [-0.2, 0) is 0 Å². The van der Waals surface area contributed by atoms with Gasteiger partial charge in [0.25, 0.3) is 0 Å². The molecule has 0 aliphatic heterocycles. The van der Waals surface area contributed by atoms with Crippen molar-refractivity contribution in [1.29, 1.82) is 0 Å². The number of nitrogens with one attached hydrogen (secondary N) is 1. The van der Waals surface area contributed by atoms with Gasteiger partial charge in [0.15, 0.2) is 0 Å². The Kier molecular flexibility index (Phi) is 6.16. The van der Waals surface area contributed by atoms with E-state index in [0.29, 0.717) is 23.9 Å². The van der Waals surface area contributed by atoms with Gasteiger partial charge in [-0.1, -0.05) is 19.1 Å². The summed E-state index contributed by atoms with van der Waals surface area (Å²) in [6, 6.07) is 4.71. The monoisotopic (exact) mass is 333 g/mol. The molecule has 0 radical (unpaired) electrons. The number of allylic oxidation sites excluding steroid dienone is 2. The van der Waals surface area contributed by atoms with Crippen LogP contribution in [0, 0.1) is 0 Å². The largest absolute Gasteiger partial charge is 0.481 e. The van der Waals surface area contributed by atoms with Gasteiger partial charge in [0.05, 0.1) is 7.11 Å². The van der Waals surface area contributed by atoms with Crippen molar-refractivity contribution in [3.63, 3.8) is 0 Å². The van der Waals surface area contributed by atoms with Gasteiger partial charge < -0.3 is 9.47 Å². The summed E-state index contributed by atoms with van der Waals surface area (Å²) in [5, 5.41) is 1.04. The highest BCUT2D eigenvalue weighted by Crippen LogP contribution is 2.29. The van der Waals surface area contributed by atoms with E-state index in [1.54, 1.807) is 25.3 Å². The van der Waals surface area contributed by atoms with E-state index in [2.05, 4.69) is 11.1 Å². The van der Waals surface area contributed by atoms with Gasteiger partial charge >= 0.3 is 6.03 Å².